The number of nitrogens with zero attached hydrogens (tertiary/aromatic N) is 1. The second-order valence-electron chi connectivity index (χ2n) is 3.66. The van der Waals surface area contributed by atoms with E-state index in [-0.39, 0.29) is 2.85 Å². The molecule has 0 unspecified atom stereocenters. The summed E-state index contributed by atoms with van der Waals surface area (Å²) in [4.78, 5) is 2.53. The fourth-order valence-electron chi connectivity index (χ4n) is 1.52. The molecule has 2 N–H and O–H groups in total. The third-order valence-corrected chi connectivity index (χ3v) is 2.35. The first-order chi connectivity index (χ1) is 5.80. The van der Waals surface area contributed by atoms with Crippen LogP contribution in [0.25, 0.3) is 0 Å². The van der Waals surface area contributed by atoms with E-state index in [1.807, 2.05) is 0 Å². The van der Waals surface area contributed by atoms with Crippen LogP contribution in [0.2, 0.25) is 0 Å². The lowest BCUT2D eigenvalue weighted by atomic mass is 10.3. The van der Waals surface area contributed by atoms with Crippen molar-refractivity contribution in [2.45, 2.75) is 26.3 Å². The molecule has 0 aromatic carbocycles. The molecule has 12 heavy (non-hydrogen) atoms. The first kappa shape index (κ1) is 9.96. The molecule has 76 valence electrons. The maximum atomic E-state index is 3.36. The first-order valence-corrected chi connectivity index (χ1v) is 4.96. The predicted molar refractivity (Wildman–Crippen MR) is 56.4 cm³/mol. The van der Waals surface area contributed by atoms with E-state index in [2.05, 4.69) is 29.4 Å². The van der Waals surface area contributed by atoms with Crippen LogP contribution < -0.4 is 10.6 Å². The number of rotatable bonds is 1. The largest absolute Gasteiger partial charge is 0.304 e. The van der Waals surface area contributed by atoms with Gasteiger partial charge >= 0.3 is 0 Å². The quantitative estimate of drug-likeness (QED) is 0.615. The van der Waals surface area contributed by atoms with Gasteiger partial charge in [-0.2, -0.15) is 0 Å². The Morgan fingerprint density at radius 2 is 1.92 bits per heavy atom. The molecule has 1 fully saturated rings. The molecule has 0 amide bonds. The van der Waals surface area contributed by atoms with E-state index in [0.717, 1.165) is 19.8 Å². The van der Waals surface area contributed by atoms with Crippen molar-refractivity contribution in [2.75, 3.05) is 32.8 Å². The normalized spacial score (nSPS) is 23.2. The van der Waals surface area contributed by atoms with Crippen molar-refractivity contribution in [2.24, 2.45) is 0 Å². The molecule has 3 nitrogen and oxygen atoms in total. The second-order valence-corrected chi connectivity index (χ2v) is 3.66. The molecule has 1 rings (SSSR count). The van der Waals surface area contributed by atoms with Crippen LogP contribution in [-0.2, 0) is 0 Å². The molecule has 1 saturated heterocycles. The molecule has 1 aliphatic rings. The molecule has 0 aromatic heterocycles. The molecule has 3 heteroatoms. The second kappa shape index (κ2) is 5.51. The minimum Gasteiger partial charge on any atom is -0.304 e. The molecule has 0 aliphatic carbocycles. The Balaban J connectivity index is 0. The zero-order valence-electron chi connectivity index (χ0n) is 8.27. The summed E-state index contributed by atoms with van der Waals surface area (Å²) in [5.41, 5.74) is 0. The summed E-state index contributed by atoms with van der Waals surface area (Å²) in [6.07, 6.45) is 1.26. The molecule has 1 heterocycles. The standard InChI is InChI=1S/C9H21N3.2H2/c1-9(2)12-6-3-4-10-8-11-5-7-12;;/h9-11H,3-8H2,1-2H3;2*1H. The van der Waals surface area contributed by atoms with E-state index < -0.39 is 0 Å². The summed E-state index contributed by atoms with van der Waals surface area (Å²) in [5.74, 6) is 0. The van der Waals surface area contributed by atoms with Gasteiger partial charge in [-0.25, -0.2) is 0 Å². The Morgan fingerprint density at radius 3 is 2.67 bits per heavy atom. The fraction of sp³-hybridized carbons (Fsp3) is 1.00. The maximum absolute atomic E-state index is 3.36. The van der Waals surface area contributed by atoms with Crippen molar-refractivity contribution >= 4 is 0 Å². The number of hydrogen-bond donors (Lipinski definition) is 2. The van der Waals surface area contributed by atoms with Gasteiger partial charge in [-0.15, -0.1) is 0 Å². The highest BCUT2D eigenvalue weighted by Gasteiger charge is 2.08. The van der Waals surface area contributed by atoms with Crippen LogP contribution in [0.3, 0.4) is 0 Å². The van der Waals surface area contributed by atoms with Crippen LogP contribution in [0.4, 0.5) is 0 Å². The van der Waals surface area contributed by atoms with Gasteiger partial charge < -0.3 is 10.6 Å². The van der Waals surface area contributed by atoms with E-state index >= 15 is 0 Å². The third kappa shape index (κ3) is 3.52. The summed E-state index contributed by atoms with van der Waals surface area (Å²) in [6, 6.07) is 0.685. The van der Waals surface area contributed by atoms with Crippen molar-refractivity contribution in [1.29, 1.82) is 0 Å². The molecular formula is C9H25N3. The van der Waals surface area contributed by atoms with Gasteiger partial charge in [0.05, 0.1) is 0 Å². The van der Waals surface area contributed by atoms with Crippen LogP contribution in [-0.4, -0.2) is 43.8 Å². The zero-order valence-corrected chi connectivity index (χ0v) is 8.27. The number of hydrogen-bond acceptors (Lipinski definition) is 3. The van der Waals surface area contributed by atoms with Gasteiger partial charge in [0.25, 0.3) is 0 Å². The summed E-state index contributed by atoms with van der Waals surface area (Å²) in [6.45, 7) is 10.1. The summed E-state index contributed by atoms with van der Waals surface area (Å²) >= 11 is 0. The Hall–Kier alpha value is -0.120. The molecule has 0 radical (unpaired) electrons. The highest BCUT2D eigenvalue weighted by molar-refractivity contribution is 4.66. The van der Waals surface area contributed by atoms with Crippen molar-refractivity contribution in [3.63, 3.8) is 0 Å². The van der Waals surface area contributed by atoms with Crippen LogP contribution in [0.15, 0.2) is 0 Å². The Morgan fingerprint density at radius 1 is 1.17 bits per heavy atom. The van der Waals surface area contributed by atoms with Crippen LogP contribution >= 0.6 is 0 Å². The lowest BCUT2D eigenvalue weighted by molar-refractivity contribution is 0.225. The highest BCUT2D eigenvalue weighted by Crippen LogP contribution is 1.98. The Kier molecular flexibility index (Phi) is 4.58. The van der Waals surface area contributed by atoms with E-state index in [0.29, 0.717) is 6.04 Å². The van der Waals surface area contributed by atoms with Gasteiger partial charge in [0.15, 0.2) is 0 Å². The van der Waals surface area contributed by atoms with Gasteiger partial charge in [0.1, 0.15) is 0 Å². The van der Waals surface area contributed by atoms with Crippen LogP contribution in [0, 0.1) is 0 Å². The van der Waals surface area contributed by atoms with E-state index in [1.54, 1.807) is 0 Å². The van der Waals surface area contributed by atoms with E-state index in [1.165, 1.54) is 19.5 Å². The lowest BCUT2D eigenvalue weighted by Gasteiger charge is -2.25. The number of nitrogens with one attached hydrogen (secondary N) is 2. The first-order valence-electron chi connectivity index (χ1n) is 4.96. The Bertz CT molecular complexity index is 113. The molecular weight excluding hydrogens is 150 g/mol. The summed E-state index contributed by atoms with van der Waals surface area (Å²) in [5, 5.41) is 6.71. The van der Waals surface area contributed by atoms with Crippen molar-refractivity contribution < 1.29 is 2.85 Å². The molecule has 0 atom stereocenters. The van der Waals surface area contributed by atoms with Gasteiger partial charge in [-0.1, -0.05) is 0 Å². The lowest BCUT2D eigenvalue weighted by Crippen LogP contribution is -2.37. The smallest absolute Gasteiger partial charge is 0.0454 e. The molecule has 0 bridgehead atoms. The molecule has 0 saturated carbocycles. The predicted octanol–water partition coefficient (Wildman–Crippen LogP) is 0.729. The zero-order chi connectivity index (χ0) is 8.81. The average Bonchev–Trinajstić information content (AvgIpc) is 2.15. The molecule has 0 aromatic rings. The van der Waals surface area contributed by atoms with Crippen molar-refractivity contribution in [3.05, 3.63) is 0 Å². The third-order valence-electron chi connectivity index (χ3n) is 2.35. The van der Waals surface area contributed by atoms with Gasteiger partial charge in [-0.3, -0.25) is 4.90 Å². The van der Waals surface area contributed by atoms with Crippen LogP contribution in [0.5, 0.6) is 0 Å². The average molecular weight is 175 g/mol. The topological polar surface area (TPSA) is 27.3 Å². The fourth-order valence-corrected chi connectivity index (χ4v) is 1.52. The SMILES string of the molecule is CC(C)N1CCCNCNCC1.[HH].[HH]. The minimum atomic E-state index is 0. The summed E-state index contributed by atoms with van der Waals surface area (Å²) < 4.78 is 0. The minimum absolute atomic E-state index is 0. The van der Waals surface area contributed by atoms with E-state index in [4.69, 9.17) is 0 Å². The maximum Gasteiger partial charge on any atom is 0.0454 e. The Labute approximate surface area is 78.5 Å². The van der Waals surface area contributed by atoms with Crippen molar-refractivity contribution in [1.82, 2.24) is 15.5 Å². The van der Waals surface area contributed by atoms with Crippen molar-refractivity contribution in [3.8, 4) is 0 Å². The monoisotopic (exact) mass is 175 g/mol. The molecule has 1 aliphatic heterocycles. The summed E-state index contributed by atoms with van der Waals surface area (Å²) in [7, 11) is 0. The van der Waals surface area contributed by atoms with Gasteiger partial charge in [0, 0.05) is 28.7 Å². The van der Waals surface area contributed by atoms with Gasteiger partial charge in [-0.05, 0) is 33.4 Å². The van der Waals surface area contributed by atoms with Crippen LogP contribution in [0.1, 0.15) is 23.1 Å². The molecule has 0 spiro atoms. The highest BCUT2D eigenvalue weighted by atomic mass is 15.2. The van der Waals surface area contributed by atoms with E-state index in [9.17, 15) is 0 Å². The van der Waals surface area contributed by atoms with Gasteiger partial charge in [0.2, 0.25) is 0 Å².